The summed E-state index contributed by atoms with van der Waals surface area (Å²) in [6.07, 6.45) is 0.485. The Balaban J connectivity index is 2.16. The van der Waals surface area contributed by atoms with Crippen molar-refractivity contribution >= 4 is 5.97 Å². The molecule has 0 aliphatic heterocycles. The number of aryl methyl sites for hydroxylation is 1. The summed E-state index contributed by atoms with van der Waals surface area (Å²) in [7, 11) is 0. The number of carbonyl (C=O) groups is 1. The normalized spacial score (nSPS) is 12.0. The predicted octanol–water partition coefficient (Wildman–Crippen LogP) is 3.09. The number of rotatable bonds is 5. The van der Waals surface area contributed by atoms with Crippen molar-refractivity contribution in [1.29, 1.82) is 0 Å². The zero-order chi connectivity index (χ0) is 15.2. The first kappa shape index (κ1) is 15.3. The molecule has 0 bridgehead atoms. The largest absolute Gasteiger partial charge is 0.465 e. The standard InChI is InChI=1S/C18H21NO2/c1-3-21-18(20)17(19)12-14-7-5-9-16(11-14)15-8-4-6-13(2)10-15/h4-11,17H,3,12,19H2,1-2H3/t17-/m0/s1. The van der Waals surface area contributed by atoms with E-state index in [1.54, 1.807) is 6.92 Å². The molecule has 0 aromatic heterocycles. The Morgan fingerprint density at radius 2 is 1.81 bits per heavy atom. The highest BCUT2D eigenvalue weighted by Gasteiger charge is 2.15. The minimum atomic E-state index is -0.613. The fraction of sp³-hybridized carbons (Fsp3) is 0.278. The second-order valence-electron chi connectivity index (χ2n) is 5.13. The summed E-state index contributed by atoms with van der Waals surface area (Å²) in [5.41, 5.74) is 10.4. The molecule has 0 heterocycles. The lowest BCUT2D eigenvalue weighted by molar-refractivity contribution is -0.144. The molecule has 21 heavy (non-hydrogen) atoms. The molecular formula is C18H21NO2. The van der Waals surface area contributed by atoms with E-state index in [0.29, 0.717) is 13.0 Å². The molecule has 1 atom stereocenters. The van der Waals surface area contributed by atoms with Crippen LogP contribution in [0.1, 0.15) is 18.1 Å². The van der Waals surface area contributed by atoms with E-state index in [2.05, 4.69) is 37.3 Å². The van der Waals surface area contributed by atoms with Gasteiger partial charge < -0.3 is 10.5 Å². The zero-order valence-electron chi connectivity index (χ0n) is 12.5. The number of hydrogen-bond donors (Lipinski definition) is 1. The average molecular weight is 283 g/mol. The van der Waals surface area contributed by atoms with Crippen LogP contribution in [-0.2, 0) is 16.0 Å². The number of nitrogens with two attached hydrogens (primary N) is 1. The molecule has 3 heteroatoms. The van der Waals surface area contributed by atoms with Crippen molar-refractivity contribution < 1.29 is 9.53 Å². The van der Waals surface area contributed by atoms with Gasteiger partial charge in [-0.25, -0.2) is 0 Å². The van der Waals surface area contributed by atoms with Crippen LogP contribution in [0.25, 0.3) is 11.1 Å². The third-order valence-electron chi connectivity index (χ3n) is 3.32. The summed E-state index contributed by atoms with van der Waals surface area (Å²) >= 11 is 0. The summed E-state index contributed by atoms with van der Waals surface area (Å²) in [6.45, 7) is 4.21. The van der Waals surface area contributed by atoms with Gasteiger partial charge in [0.05, 0.1) is 6.61 Å². The fourth-order valence-corrected chi connectivity index (χ4v) is 2.29. The molecule has 110 valence electrons. The van der Waals surface area contributed by atoms with E-state index >= 15 is 0 Å². The van der Waals surface area contributed by atoms with Crippen molar-refractivity contribution in [2.24, 2.45) is 5.73 Å². The summed E-state index contributed by atoms with van der Waals surface area (Å²) in [5.74, 6) is -0.349. The summed E-state index contributed by atoms with van der Waals surface area (Å²) in [6, 6.07) is 15.8. The van der Waals surface area contributed by atoms with E-state index < -0.39 is 6.04 Å². The summed E-state index contributed by atoms with van der Waals surface area (Å²) < 4.78 is 4.94. The number of benzene rings is 2. The van der Waals surface area contributed by atoms with E-state index in [1.807, 2.05) is 18.2 Å². The van der Waals surface area contributed by atoms with Crippen LogP contribution in [0.3, 0.4) is 0 Å². The van der Waals surface area contributed by atoms with Crippen molar-refractivity contribution in [2.45, 2.75) is 26.3 Å². The molecule has 2 aromatic rings. The Hall–Kier alpha value is -2.13. The van der Waals surface area contributed by atoms with Crippen LogP contribution in [0, 0.1) is 6.92 Å². The average Bonchev–Trinajstić information content (AvgIpc) is 2.48. The smallest absolute Gasteiger partial charge is 0.323 e. The van der Waals surface area contributed by atoms with Crippen LogP contribution in [0.2, 0.25) is 0 Å². The van der Waals surface area contributed by atoms with Gasteiger partial charge in [-0.3, -0.25) is 4.79 Å². The van der Waals surface area contributed by atoms with Gasteiger partial charge in [0.25, 0.3) is 0 Å². The van der Waals surface area contributed by atoms with Crippen molar-refractivity contribution in [2.75, 3.05) is 6.61 Å². The second kappa shape index (κ2) is 7.04. The van der Waals surface area contributed by atoms with Crippen molar-refractivity contribution in [3.8, 4) is 11.1 Å². The summed E-state index contributed by atoms with van der Waals surface area (Å²) in [4.78, 5) is 11.6. The Morgan fingerprint density at radius 1 is 1.14 bits per heavy atom. The van der Waals surface area contributed by atoms with Crippen LogP contribution in [0.15, 0.2) is 48.5 Å². The van der Waals surface area contributed by atoms with Gasteiger partial charge in [-0.15, -0.1) is 0 Å². The molecule has 0 aliphatic rings. The van der Waals surface area contributed by atoms with Gasteiger partial charge in [-0.05, 0) is 37.0 Å². The number of hydrogen-bond acceptors (Lipinski definition) is 3. The molecule has 3 nitrogen and oxygen atoms in total. The molecule has 0 spiro atoms. The highest BCUT2D eigenvalue weighted by molar-refractivity contribution is 5.76. The molecule has 0 radical (unpaired) electrons. The van der Waals surface area contributed by atoms with Crippen LogP contribution in [0.5, 0.6) is 0 Å². The number of carbonyl (C=O) groups excluding carboxylic acids is 1. The highest BCUT2D eigenvalue weighted by atomic mass is 16.5. The van der Waals surface area contributed by atoms with Gasteiger partial charge in [0.2, 0.25) is 0 Å². The molecule has 2 N–H and O–H groups in total. The van der Waals surface area contributed by atoms with Crippen LogP contribution in [0.4, 0.5) is 0 Å². The van der Waals surface area contributed by atoms with Gasteiger partial charge in [0, 0.05) is 0 Å². The third kappa shape index (κ3) is 4.17. The topological polar surface area (TPSA) is 52.3 Å². The molecule has 0 saturated heterocycles. The van der Waals surface area contributed by atoms with E-state index in [9.17, 15) is 4.79 Å². The minimum absolute atomic E-state index is 0.349. The van der Waals surface area contributed by atoms with Crippen molar-refractivity contribution in [1.82, 2.24) is 0 Å². The Kier molecular flexibility index (Phi) is 5.12. The first-order valence-corrected chi connectivity index (χ1v) is 7.18. The lowest BCUT2D eigenvalue weighted by atomic mass is 9.99. The summed E-state index contributed by atoms with van der Waals surface area (Å²) in [5, 5.41) is 0. The van der Waals surface area contributed by atoms with E-state index in [-0.39, 0.29) is 5.97 Å². The maximum Gasteiger partial charge on any atom is 0.323 e. The Labute approximate surface area is 125 Å². The molecule has 0 aliphatic carbocycles. The van der Waals surface area contributed by atoms with Crippen molar-refractivity contribution in [3.05, 3.63) is 59.7 Å². The van der Waals surface area contributed by atoms with Crippen LogP contribution >= 0.6 is 0 Å². The maximum absolute atomic E-state index is 11.6. The Morgan fingerprint density at radius 3 is 2.48 bits per heavy atom. The molecule has 0 amide bonds. The quantitative estimate of drug-likeness (QED) is 0.858. The molecular weight excluding hydrogens is 262 g/mol. The van der Waals surface area contributed by atoms with Crippen molar-refractivity contribution in [3.63, 3.8) is 0 Å². The van der Waals surface area contributed by atoms with Crippen LogP contribution in [-0.4, -0.2) is 18.6 Å². The Bertz CT molecular complexity index is 622. The maximum atomic E-state index is 11.6. The van der Waals surface area contributed by atoms with Gasteiger partial charge in [-0.2, -0.15) is 0 Å². The van der Waals surface area contributed by atoms with Gasteiger partial charge >= 0.3 is 5.97 Å². The molecule has 0 fully saturated rings. The third-order valence-corrected chi connectivity index (χ3v) is 3.32. The van der Waals surface area contributed by atoms with Gasteiger partial charge in [0.1, 0.15) is 6.04 Å². The first-order valence-electron chi connectivity index (χ1n) is 7.18. The van der Waals surface area contributed by atoms with Crippen LogP contribution < -0.4 is 5.73 Å². The fourth-order valence-electron chi connectivity index (χ4n) is 2.29. The van der Waals surface area contributed by atoms with E-state index in [1.165, 1.54) is 11.1 Å². The molecule has 2 aromatic carbocycles. The molecule has 0 unspecified atom stereocenters. The van der Waals surface area contributed by atoms with Gasteiger partial charge in [0.15, 0.2) is 0 Å². The first-order chi connectivity index (χ1) is 10.1. The number of esters is 1. The molecule has 2 rings (SSSR count). The lowest BCUT2D eigenvalue weighted by Crippen LogP contribution is -2.34. The monoisotopic (exact) mass is 283 g/mol. The number of ether oxygens (including phenoxy) is 1. The van der Waals surface area contributed by atoms with Gasteiger partial charge in [-0.1, -0.05) is 54.1 Å². The SMILES string of the molecule is CCOC(=O)[C@@H](N)Cc1cccc(-c2cccc(C)c2)c1. The molecule has 0 saturated carbocycles. The van der Waals surface area contributed by atoms with E-state index in [4.69, 9.17) is 10.5 Å². The van der Waals surface area contributed by atoms with E-state index in [0.717, 1.165) is 11.1 Å². The highest BCUT2D eigenvalue weighted by Crippen LogP contribution is 2.22. The predicted molar refractivity (Wildman–Crippen MR) is 84.9 cm³/mol. The second-order valence-corrected chi connectivity index (χ2v) is 5.13. The zero-order valence-corrected chi connectivity index (χ0v) is 12.5. The lowest BCUT2D eigenvalue weighted by Gasteiger charge is -2.11. The minimum Gasteiger partial charge on any atom is -0.465 e.